The number of pyridine rings is 1. The molecule has 1 aliphatic carbocycles. The van der Waals surface area contributed by atoms with Crippen LogP contribution in [-0.4, -0.2) is 21.1 Å². The van der Waals surface area contributed by atoms with Crippen LogP contribution in [0, 0.1) is 0 Å². The average molecular weight is 403 g/mol. The number of anilines is 1. The molecule has 1 saturated carbocycles. The molecule has 132 valence electrons. The third-order valence-electron chi connectivity index (χ3n) is 5.00. The van der Waals surface area contributed by atoms with Crippen molar-refractivity contribution in [3.8, 4) is 0 Å². The number of hydrogen-bond acceptors (Lipinski definition) is 4. The van der Waals surface area contributed by atoms with E-state index in [1.165, 1.54) is 19.3 Å². The van der Waals surface area contributed by atoms with Gasteiger partial charge in [0.15, 0.2) is 5.82 Å². The Morgan fingerprint density at radius 2 is 2.16 bits per heavy atom. The Hall–Kier alpha value is -1.66. The van der Waals surface area contributed by atoms with E-state index in [1.807, 2.05) is 6.07 Å². The predicted molar refractivity (Wildman–Crippen MR) is 105 cm³/mol. The molecule has 25 heavy (non-hydrogen) atoms. The zero-order valence-electron chi connectivity index (χ0n) is 14.5. The monoisotopic (exact) mass is 402 g/mol. The Labute approximate surface area is 155 Å². The van der Waals surface area contributed by atoms with Crippen molar-refractivity contribution in [2.75, 3.05) is 12.3 Å². The number of unbranched alkanes of at least 4 members (excludes halogenated alkanes) is 1. The summed E-state index contributed by atoms with van der Waals surface area (Å²) in [5.41, 5.74) is 9.06. The van der Waals surface area contributed by atoms with Gasteiger partial charge in [-0.2, -0.15) is 0 Å². The highest BCUT2D eigenvalue weighted by molar-refractivity contribution is 9.10. The minimum absolute atomic E-state index is 0.489. The summed E-state index contributed by atoms with van der Waals surface area (Å²) < 4.78 is 9.23. The van der Waals surface area contributed by atoms with Gasteiger partial charge in [-0.25, -0.2) is 9.97 Å². The van der Waals surface area contributed by atoms with Crippen molar-refractivity contribution in [3.05, 3.63) is 28.5 Å². The first-order valence-corrected chi connectivity index (χ1v) is 9.81. The van der Waals surface area contributed by atoms with E-state index in [-0.39, 0.29) is 0 Å². The van der Waals surface area contributed by atoms with Gasteiger partial charge in [0.25, 0.3) is 0 Å². The van der Waals surface area contributed by atoms with Gasteiger partial charge in [-0.3, -0.25) is 0 Å². The molecule has 5 nitrogen and oxygen atoms in total. The van der Waals surface area contributed by atoms with E-state index in [0.29, 0.717) is 18.5 Å². The van der Waals surface area contributed by atoms with E-state index in [9.17, 15) is 0 Å². The molecule has 0 aliphatic heterocycles. The second-order valence-electron chi connectivity index (χ2n) is 6.74. The summed E-state index contributed by atoms with van der Waals surface area (Å²) in [4.78, 5) is 9.39. The van der Waals surface area contributed by atoms with Crippen molar-refractivity contribution in [2.45, 2.75) is 51.7 Å². The lowest BCUT2D eigenvalue weighted by Crippen LogP contribution is -2.20. The number of nitrogens with zero attached hydrogens (tertiary/aromatic N) is 3. The topological polar surface area (TPSA) is 66.0 Å². The summed E-state index contributed by atoms with van der Waals surface area (Å²) >= 11 is 3.52. The van der Waals surface area contributed by atoms with E-state index in [4.69, 9.17) is 15.5 Å². The maximum atomic E-state index is 6.25. The summed E-state index contributed by atoms with van der Waals surface area (Å²) in [6.07, 6.45) is 5.85. The van der Waals surface area contributed by atoms with E-state index < -0.39 is 0 Å². The third-order valence-corrected chi connectivity index (χ3v) is 5.49. The van der Waals surface area contributed by atoms with E-state index in [1.54, 1.807) is 0 Å². The van der Waals surface area contributed by atoms with Gasteiger partial charge in [-0.15, -0.1) is 0 Å². The molecule has 6 heteroatoms. The van der Waals surface area contributed by atoms with E-state index in [2.05, 4.69) is 44.5 Å². The Balaban J connectivity index is 1.87. The van der Waals surface area contributed by atoms with E-state index >= 15 is 0 Å². The van der Waals surface area contributed by atoms with Gasteiger partial charge in [0, 0.05) is 22.5 Å². The van der Waals surface area contributed by atoms with Crippen LogP contribution in [-0.2, 0) is 11.3 Å². The first kappa shape index (κ1) is 16.8. The average Bonchev–Trinajstić information content (AvgIpc) is 2.90. The number of halogens is 1. The summed E-state index contributed by atoms with van der Waals surface area (Å²) in [6.45, 7) is 3.47. The van der Waals surface area contributed by atoms with Gasteiger partial charge >= 0.3 is 0 Å². The van der Waals surface area contributed by atoms with Crippen LogP contribution in [0.3, 0.4) is 0 Å². The number of imidazole rings is 1. The van der Waals surface area contributed by atoms with Crippen molar-refractivity contribution in [3.63, 3.8) is 0 Å². The fraction of sp³-hybridized carbons (Fsp3) is 0.474. The van der Waals surface area contributed by atoms with Crippen molar-refractivity contribution >= 4 is 43.7 Å². The van der Waals surface area contributed by atoms with Gasteiger partial charge in [0.1, 0.15) is 17.9 Å². The lowest BCUT2D eigenvalue weighted by atomic mass is 9.92. The van der Waals surface area contributed by atoms with Crippen molar-refractivity contribution < 1.29 is 4.74 Å². The van der Waals surface area contributed by atoms with Crippen LogP contribution >= 0.6 is 15.9 Å². The van der Waals surface area contributed by atoms with E-state index in [0.717, 1.165) is 51.7 Å². The molecular weight excluding hydrogens is 380 g/mol. The molecule has 3 aromatic rings. The summed E-state index contributed by atoms with van der Waals surface area (Å²) in [5.74, 6) is 1.47. The molecule has 2 aromatic heterocycles. The third kappa shape index (κ3) is 3.02. The van der Waals surface area contributed by atoms with Gasteiger partial charge < -0.3 is 15.0 Å². The van der Waals surface area contributed by atoms with Gasteiger partial charge in [-0.05, 0) is 43.9 Å². The van der Waals surface area contributed by atoms with Crippen LogP contribution in [0.2, 0.25) is 0 Å². The maximum absolute atomic E-state index is 6.25. The van der Waals surface area contributed by atoms with Crippen molar-refractivity contribution in [1.29, 1.82) is 0 Å². The van der Waals surface area contributed by atoms with Crippen LogP contribution in [0.5, 0.6) is 0 Å². The smallest absolute Gasteiger partial charge is 0.152 e. The molecule has 0 radical (unpaired) electrons. The first-order valence-electron chi connectivity index (χ1n) is 9.02. The largest absolute Gasteiger partial charge is 0.382 e. The quantitative estimate of drug-likeness (QED) is 0.590. The molecule has 0 amide bonds. The standard InChI is InChI=1S/C19H23BrN4O/c1-2-3-9-25-11-16-23-17-18(24(16)13-5-4-6-13)14-8-7-12(20)10-15(14)22-19(17)21/h7-8,10,13H,2-6,9,11H2,1H3,(H2,21,22). The number of aromatic nitrogens is 3. The Morgan fingerprint density at radius 1 is 1.32 bits per heavy atom. The number of ether oxygens (including phenoxy) is 1. The van der Waals surface area contributed by atoms with Gasteiger partial charge in [0.05, 0.1) is 11.0 Å². The van der Waals surface area contributed by atoms with Crippen LogP contribution in [0.1, 0.15) is 50.9 Å². The molecule has 1 aromatic carbocycles. The van der Waals surface area contributed by atoms with Crippen LogP contribution in [0.25, 0.3) is 21.9 Å². The van der Waals surface area contributed by atoms with Crippen molar-refractivity contribution in [1.82, 2.24) is 14.5 Å². The zero-order valence-corrected chi connectivity index (χ0v) is 16.1. The molecule has 2 heterocycles. The van der Waals surface area contributed by atoms with Crippen molar-refractivity contribution in [2.24, 2.45) is 0 Å². The van der Waals surface area contributed by atoms with Gasteiger partial charge in [-0.1, -0.05) is 29.3 Å². The highest BCUT2D eigenvalue weighted by Crippen LogP contribution is 2.39. The number of hydrogen-bond donors (Lipinski definition) is 1. The Kier molecular flexibility index (Phi) is 4.65. The minimum Gasteiger partial charge on any atom is -0.382 e. The van der Waals surface area contributed by atoms with Crippen LogP contribution < -0.4 is 5.73 Å². The molecule has 2 N–H and O–H groups in total. The lowest BCUT2D eigenvalue weighted by Gasteiger charge is -2.29. The highest BCUT2D eigenvalue weighted by Gasteiger charge is 2.27. The first-order chi connectivity index (χ1) is 12.2. The molecule has 0 saturated heterocycles. The SMILES string of the molecule is CCCCOCc1nc2c(N)nc3cc(Br)ccc3c2n1C1CCC1. The Bertz CT molecular complexity index is 917. The zero-order chi connectivity index (χ0) is 17.4. The second kappa shape index (κ2) is 6.92. The fourth-order valence-electron chi connectivity index (χ4n) is 3.45. The number of benzene rings is 1. The normalized spacial score (nSPS) is 15.1. The summed E-state index contributed by atoms with van der Waals surface area (Å²) in [7, 11) is 0. The van der Waals surface area contributed by atoms with Gasteiger partial charge in [0.2, 0.25) is 0 Å². The highest BCUT2D eigenvalue weighted by atomic mass is 79.9. The molecule has 4 rings (SSSR count). The molecule has 0 atom stereocenters. The minimum atomic E-state index is 0.489. The molecule has 1 aliphatic rings. The number of nitrogen functional groups attached to an aromatic ring is 1. The molecular formula is C19H23BrN4O. The number of rotatable bonds is 6. The molecule has 0 unspecified atom stereocenters. The summed E-state index contributed by atoms with van der Waals surface area (Å²) in [6, 6.07) is 6.66. The lowest BCUT2D eigenvalue weighted by molar-refractivity contribution is 0.107. The predicted octanol–water partition coefficient (Wildman–Crippen LogP) is 4.97. The number of nitrogens with two attached hydrogens (primary N) is 1. The fourth-order valence-corrected chi connectivity index (χ4v) is 3.79. The Morgan fingerprint density at radius 3 is 2.88 bits per heavy atom. The number of fused-ring (bicyclic) bond motifs is 3. The molecule has 1 fully saturated rings. The summed E-state index contributed by atoms with van der Waals surface area (Å²) in [5, 5.41) is 1.10. The molecule has 0 spiro atoms. The second-order valence-corrected chi connectivity index (χ2v) is 7.66. The van der Waals surface area contributed by atoms with Crippen LogP contribution in [0.4, 0.5) is 5.82 Å². The molecule has 0 bridgehead atoms. The van der Waals surface area contributed by atoms with Crippen LogP contribution in [0.15, 0.2) is 22.7 Å². The maximum Gasteiger partial charge on any atom is 0.152 e.